The van der Waals surface area contributed by atoms with E-state index in [1.807, 2.05) is 11.0 Å². The first-order chi connectivity index (χ1) is 4.13. The van der Waals surface area contributed by atoms with Crippen LogP contribution in [0.1, 0.15) is 0 Å². The Hall–Kier alpha value is -1.21. The van der Waals surface area contributed by atoms with Gasteiger partial charge in [-0.1, -0.05) is 0 Å². The molecular weight excluding hydrogens is 160 g/mol. The van der Waals surface area contributed by atoms with E-state index in [1.54, 1.807) is 0 Å². The van der Waals surface area contributed by atoms with Gasteiger partial charge in [0, 0.05) is 0 Å². The van der Waals surface area contributed by atoms with E-state index in [2.05, 4.69) is 4.94 Å². The molecule has 0 aliphatic rings. The molecule has 10 heavy (non-hydrogen) atoms. The van der Waals surface area contributed by atoms with Crippen molar-refractivity contribution in [3.8, 4) is 0 Å². The third-order valence-corrected chi connectivity index (χ3v) is 0.322. The van der Waals surface area contributed by atoms with Gasteiger partial charge in [0.1, 0.15) is 0 Å². The van der Waals surface area contributed by atoms with Crippen molar-refractivity contribution in [2.75, 3.05) is 0 Å². The van der Waals surface area contributed by atoms with Gasteiger partial charge in [-0.3, -0.25) is 10.8 Å². The third-order valence-electron chi connectivity index (χ3n) is 0.322. The molecule has 0 atom stereocenters. The minimum atomic E-state index is -0.372. The minimum Gasteiger partial charge on any atom is -0.368 e. The molecule has 8 N–H and O–H groups in total. The molecule has 60 valence electrons. The van der Waals surface area contributed by atoms with Gasteiger partial charge < -0.3 is 11.5 Å². The van der Waals surface area contributed by atoms with Gasteiger partial charge in [0.15, 0.2) is 0 Å². The van der Waals surface area contributed by atoms with Crippen molar-refractivity contribution in [3.05, 3.63) is 0 Å². The molecule has 0 aliphatic carbocycles. The summed E-state index contributed by atoms with van der Waals surface area (Å²) < 4.78 is 0. The molecule has 0 amide bonds. The number of hydrogen-bond donors (Lipinski definition) is 6. The van der Waals surface area contributed by atoms with Crippen LogP contribution in [0.3, 0.4) is 0 Å². The largest absolute Gasteiger partial charge is 0.368 e. The first-order valence-corrected chi connectivity index (χ1v) is 1.99. The molecule has 0 radical (unpaired) electrons. The highest BCUT2D eigenvalue weighted by Gasteiger charge is 1.85. The van der Waals surface area contributed by atoms with E-state index in [1.165, 1.54) is 0 Å². The quantitative estimate of drug-likeness (QED) is 0.165. The maximum absolute atomic E-state index is 6.53. The lowest BCUT2D eigenvalue weighted by atomic mass is 11.1. The number of rotatable bonds is 2. The van der Waals surface area contributed by atoms with Crippen LogP contribution in [-0.2, 0) is 4.94 Å². The van der Waals surface area contributed by atoms with E-state index in [-0.39, 0.29) is 24.3 Å². The maximum Gasteiger partial charge on any atom is 0.212 e. The molecule has 8 heteroatoms. The molecule has 0 saturated carbocycles. The smallest absolute Gasteiger partial charge is 0.212 e. The fraction of sp³-hybridized carbons (Fsp3) is 0. The van der Waals surface area contributed by atoms with Crippen LogP contribution < -0.4 is 22.4 Å². The highest BCUT2D eigenvalue weighted by molar-refractivity contribution is 5.85. The predicted octanol–water partition coefficient (Wildman–Crippen LogP) is -1.78. The molecule has 0 aromatic heterocycles. The van der Waals surface area contributed by atoms with Gasteiger partial charge in [-0.25, -0.2) is 11.0 Å². The predicted molar refractivity (Wildman–Crippen MR) is 38.4 cm³/mol. The fourth-order valence-corrected chi connectivity index (χ4v) is 0.135. The lowest BCUT2D eigenvalue weighted by Crippen LogP contribution is -2.40. The van der Waals surface area contributed by atoms with E-state index in [0.29, 0.717) is 0 Å². The van der Waals surface area contributed by atoms with Crippen molar-refractivity contribution < 1.29 is 4.94 Å². The average molecular weight is 169 g/mol. The number of guanidine groups is 2. The molecule has 0 rings (SSSR count). The van der Waals surface area contributed by atoms with Crippen LogP contribution in [-0.4, -0.2) is 11.9 Å². The molecule has 0 spiro atoms. The van der Waals surface area contributed by atoms with Crippen LogP contribution >= 0.6 is 12.4 Å². The molecular formula is C2H9ClN6O. The van der Waals surface area contributed by atoms with Crippen LogP contribution in [0.15, 0.2) is 0 Å². The first-order valence-electron chi connectivity index (χ1n) is 1.99. The Morgan fingerprint density at radius 2 is 1.40 bits per heavy atom. The molecule has 0 aromatic rings. The summed E-state index contributed by atoms with van der Waals surface area (Å²) in [6.45, 7) is 0. The number of hydroxylamine groups is 2. The van der Waals surface area contributed by atoms with E-state index in [4.69, 9.17) is 22.3 Å². The molecule has 0 saturated heterocycles. The highest BCUT2D eigenvalue weighted by atomic mass is 35.5. The Kier molecular flexibility index (Phi) is 6.85. The fourth-order valence-electron chi connectivity index (χ4n) is 0.135. The molecule has 0 heterocycles. The second-order valence-corrected chi connectivity index (χ2v) is 1.13. The van der Waals surface area contributed by atoms with Gasteiger partial charge in [-0.15, -0.1) is 12.4 Å². The highest BCUT2D eigenvalue weighted by Crippen LogP contribution is 1.52. The van der Waals surface area contributed by atoms with Gasteiger partial charge in [0.25, 0.3) is 0 Å². The summed E-state index contributed by atoms with van der Waals surface area (Å²) >= 11 is 0. The number of hydrogen-bond acceptors (Lipinski definition) is 3. The summed E-state index contributed by atoms with van der Waals surface area (Å²) in [7, 11) is 0. The number of halogens is 1. The van der Waals surface area contributed by atoms with E-state index in [9.17, 15) is 0 Å². The average Bonchev–Trinajstić information content (AvgIpc) is 1.63. The normalized spacial score (nSPS) is 7.20. The monoisotopic (exact) mass is 168 g/mol. The first kappa shape index (κ1) is 11.6. The number of nitrogens with one attached hydrogen (secondary N) is 4. The van der Waals surface area contributed by atoms with Crippen molar-refractivity contribution in [2.24, 2.45) is 11.5 Å². The lowest BCUT2D eigenvalue weighted by molar-refractivity contribution is 0.0345. The molecule has 0 aromatic carbocycles. The topological polar surface area (TPSA) is 133 Å². The SMILES string of the molecule is Cl.N=C(N)NONC(=N)N. The zero-order valence-electron chi connectivity index (χ0n) is 4.97. The maximum atomic E-state index is 6.53. The Labute approximate surface area is 63.4 Å². The summed E-state index contributed by atoms with van der Waals surface area (Å²) in [5.41, 5.74) is 13.4. The van der Waals surface area contributed by atoms with Gasteiger partial charge >= 0.3 is 0 Å². The lowest BCUT2D eigenvalue weighted by Gasteiger charge is -2.02. The Morgan fingerprint density at radius 3 is 1.60 bits per heavy atom. The Balaban J connectivity index is 0. The van der Waals surface area contributed by atoms with Gasteiger partial charge in [0.05, 0.1) is 0 Å². The van der Waals surface area contributed by atoms with E-state index < -0.39 is 0 Å². The van der Waals surface area contributed by atoms with Crippen LogP contribution in [0.4, 0.5) is 0 Å². The standard InChI is InChI=1S/C2H8N6O.ClH/c3-1(4)7-9-8-2(5)6;/h(H4,3,4,7)(H4,5,6,8);1H. The number of nitrogens with two attached hydrogens (primary N) is 2. The van der Waals surface area contributed by atoms with E-state index >= 15 is 0 Å². The van der Waals surface area contributed by atoms with Crippen LogP contribution in [0.2, 0.25) is 0 Å². The minimum absolute atomic E-state index is 0. The summed E-state index contributed by atoms with van der Waals surface area (Å²) in [5, 5.41) is 13.1. The van der Waals surface area contributed by atoms with Crippen molar-refractivity contribution in [1.29, 1.82) is 10.8 Å². The van der Waals surface area contributed by atoms with Gasteiger partial charge in [-0.05, 0) is 0 Å². The second kappa shape index (κ2) is 5.92. The summed E-state index contributed by atoms with van der Waals surface area (Å²) in [6, 6.07) is 0. The summed E-state index contributed by atoms with van der Waals surface area (Å²) in [5.74, 6) is -0.743. The zero-order chi connectivity index (χ0) is 7.28. The third kappa shape index (κ3) is 9.92. The molecule has 0 bridgehead atoms. The van der Waals surface area contributed by atoms with Crippen LogP contribution in [0, 0.1) is 10.8 Å². The van der Waals surface area contributed by atoms with Gasteiger partial charge in [0.2, 0.25) is 11.9 Å². The molecule has 7 nitrogen and oxygen atoms in total. The molecule has 0 fully saturated rings. The van der Waals surface area contributed by atoms with E-state index in [0.717, 1.165) is 0 Å². The van der Waals surface area contributed by atoms with Gasteiger partial charge in [-0.2, -0.15) is 4.94 Å². The zero-order valence-corrected chi connectivity index (χ0v) is 5.79. The van der Waals surface area contributed by atoms with Crippen molar-refractivity contribution in [2.45, 2.75) is 0 Å². The second-order valence-electron chi connectivity index (χ2n) is 1.13. The summed E-state index contributed by atoms with van der Waals surface area (Å²) in [6.07, 6.45) is 0. The Bertz CT molecular complexity index is 111. The molecule has 0 aliphatic heterocycles. The molecule has 0 unspecified atom stereocenters. The van der Waals surface area contributed by atoms with Crippen LogP contribution in [0.5, 0.6) is 0 Å². The Morgan fingerprint density at radius 1 is 1.10 bits per heavy atom. The van der Waals surface area contributed by atoms with Crippen molar-refractivity contribution in [1.82, 2.24) is 11.0 Å². The van der Waals surface area contributed by atoms with Crippen molar-refractivity contribution in [3.63, 3.8) is 0 Å². The van der Waals surface area contributed by atoms with Crippen LogP contribution in [0.25, 0.3) is 0 Å². The van der Waals surface area contributed by atoms with Crippen molar-refractivity contribution >= 4 is 24.3 Å². The summed E-state index contributed by atoms with van der Waals surface area (Å²) in [4.78, 5) is 4.16.